The minimum atomic E-state index is -0.417. The van der Waals surface area contributed by atoms with E-state index < -0.39 is 5.56 Å². The molecule has 3 rings (SSSR count). The van der Waals surface area contributed by atoms with E-state index in [1.807, 2.05) is 5.38 Å². The molecule has 2 heterocycles. The molecule has 0 radical (unpaired) electrons. The van der Waals surface area contributed by atoms with Crippen molar-refractivity contribution in [1.29, 1.82) is 0 Å². The molecule has 1 aromatic carbocycles. The molecule has 0 spiro atoms. The first kappa shape index (κ1) is 17.1. The van der Waals surface area contributed by atoms with Crippen LogP contribution in [0.1, 0.15) is 31.0 Å². The molecule has 0 amide bonds. The van der Waals surface area contributed by atoms with Crippen LogP contribution in [0.25, 0.3) is 10.6 Å². The molecule has 0 atom stereocenters. The maximum Gasteiger partial charge on any atom is 0.287 e. The van der Waals surface area contributed by atoms with Crippen molar-refractivity contribution in [3.63, 3.8) is 0 Å². The zero-order valence-corrected chi connectivity index (χ0v) is 15.5. The largest absolute Gasteiger partial charge is 0.287 e. The summed E-state index contributed by atoms with van der Waals surface area (Å²) in [4.78, 5) is 16.6. The number of thiazole rings is 1. The molecule has 0 fully saturated rings. The van der Waals surface area contributed by atoms with E-state index in [0.29, 0.717) is 5.92 Å². The van der Waals surface area contributed by atoms with Crippen LogP contribution in [0.5, 0.6) is 0 Å². The lowest BCUT2D eigenvalue weighted by molar-refractivity contribution is 0.631. The SMILES string of the molecule is CC(C)c1ccc(-c2nc(Cn3ncc(Cl)c(Cl)c3=O)cs2)cc1. The van der Waals surface area contributed by atoms with E-state index in [2.05, 4.69) is 48.2 Å². The van der Waals surface area contributed by atoms with Crippen molar-refractivity contribution in [2.45, 2.75) is 26.3 Å². The highest BCUT2D eigenvalue weighted by Crippen LogP contribution is 2.26. The third kappa shape index (κ3) is 3.53. The fourth-order valence-electron chi connectivity index (χ4n) is 2.23. The van der Waals surface area contributed by atoms with Crippen molar-refractivity contribution < 1.29 is 0 Å². The van der Waals surface area contributed by atoms with E-state index in [0.717, 1.165) is 16.3 Å². The Hall–Kier alpha value is -1.69. The Morgan fingerprint density at radius 2 is 1.92 bits per heavy atom. The standard InChI is InChI=1S/C17H15Cl2N3OS/c1-10(2)11-3-5-12(6-4-11)16-21-13(9-24-16)8-22-17(23)15(19)14(18)7-20-22/h3-7,9-10H,8H2,1-2H3. The lowest BCUT2D eigenvalue weighted by Crippen LogP contribution is -2.23. The van der Waals surface area contributed by atoms with Gasteiger partial charge in [-0.3, -0.25) is 4.79 Å². The Kier molecular flexibility index (Phi) is 5.04. The zero-order valence-electron chi connectivity index (χ0n) is 13.2. The molecule has 0 unspecified atom stereocenters. The summed E-state index contributed by atoms with van der Waals surface area (Å²) in [5.41, 5.74) is 2.70. The summed E-state index contributed by atoms with van der Waals surface area (Å²) in [6.45, 7) is 4.59. The second kappa shape index (κ2) is 7.05. The number of nitrogens with zero attached hydrogens (tertiary/aromatic N) is 3. The Bertz CT molecular complexity index is 916. The van der Waals surface area contributed by atoms with Crippen LogP contribution in [0, 0.1) is 0 Å². The highest BCUT2D eigenvalue weighted by atomic mass is 35.5. The van der Waals surface area contributed by atoms with Gasteiger partial charge < -0.3 is 0 Å². The summed E-state index contributed by atoms with van der Waals surface area (Å²) in [7, 11) is 0. The molecule has 4 nitrogen and oxygen atoms in total. The van der Waals surface area contributed by atoms with Crippen LogP contribution in [-0.2, 0) is 6.54 Å². The van der Waals surface area contributed by atoms with E-state index in [4.69, 9.17) is 23.2 Å². The van der Waals surface area contributed by atoms with E-state index in [1.54, 1.807) is 0 Å². The number of hydrogen-bond acceptors (Lipinski definition) is 4. The first-order valence-corrected chi connectivity index (χ1v) is 9.05. The van der Waals surface area contributed by atoms with Crippen molar-refractivity contribution in [3.8, 4) is 10.6 Å². The average molecular weight is 380 g/mol. The molecule has 0 N–H and O–H groups in total. The van der Waals surface area contributed by atoms with Crippen molar-refractivity contribution in [3.05, 3.63) is 67.5 Å². The fraction of sp³-hybridized carbons (Fsp3) is 0.235. The monoisotopic (exact) mass is 379 g/mol. The predicted molar refractivity (Wildman–Crippen MR) is 99.3 cm³/mol. The molecule has 7 heteroatoms. The van der Waals surface area contributed by atoms with Gasteiger partial charge >= 0.3 is 0 Å². The van der Waals surface area contributed by atoms with Gasteiger partial charge in [-0.2, -0.15) is 5.10 Å². The molecule has 0 aliphatic heterocycles. The minimum Gasteiger partial charge on any atom is -0.266 e. The zero-order chi connectivity index (χ0) is 17.3. The van der Waals surface area contributed by atoms with E-state index in [1.165, 1.54) is 27.8 Å². The van der Waals surface area contributed by atoms with Gasteiger partial charge in [-0.25, -0.2) is 9.67 Å². The van der Waals surface area contributed by atoms with Crippen LogP contribution in [0.3, 0.4) is 0 Å². The Morgan fingerprint density at radius 3 is 2.58 bits per heavy atom. The molecule has 24 heavy (non-hydrogen) atoms. The Morgan fingerprint density at radius 1 is 1.21 bits per heavy atom. The van der Waals surface area contributed by atoms with Crippen LogP contribution < -0.4 is 5.56 Å². The van der Waals surface area contributed by atoms with Gasteiger partial charge in [0.05, 0.1) is 23.5 Å². The van der Waals surface area contributed by atoms with Gasteiger partial charge in [-0.15, -0.1) is 11.3 Å². The number of rotatable bonds is 4. The maximum absolute atomic E-state index is 12.0. The second-order valence-corrected chi connectivity index (χ2v) is 7.33. The highest BCUT2D eigenvalue weighted by Gasteiger charge is 2.11. The van der Waals surface area contributed by atoms with Crippen LogP contribution in [-0.4, -0.2) is 14.8 Å². The molecule has 0 saturated heterocycles. The van der Waals surface area contributed by atoms with Crippen LogP contribution >= 0.6 is 34.5 Å². The van der Waals surface area contributed by atoms with E-state index >= 15 is 0 Å². The summed E-state index contributed by atoms with van der Waals surface area (Å²) in [5.74, 6) is 0.499. The molecule has 0 bridgehead atoms. The maximum atomic E-state index is 12.0. The number of aromatic nitrogens is 3. The summed E-state index contributed by atoms with van der Waals surface area (Å²) in [5, 5.41) is 6.96. The average Bonchev–Trinajstić information content (AvgIpc) is 3.04. The van der Waals surface area contributed by atoms with Gasteiger partial charge in [0.1, 0.15) is 10.0 Å². The van der Waals surface area contributed by atoms with Gasteiger partial charge in [-0.05, 0) is 11.5 Å². The van der Waals surface area contributed by atoms with Crippen molar-refractivity contribution in [2.24, 2.45) is 0 Å². The fourth-order valence-corrected chi connectivity index (χ4v) is 3.32. The topological polar surface area (TPSA) is 47.8 Å². The Balaban J connectivity index is 1.83. The number of halogens is 2. The van der Waals surface area contributed by atoms with Gasteiger partial charge in [0, 0.05) is 10.9 Å². The molecule has 0 saturated carbocycles. The highest BCUT2D eigenvalue weighted by molar-refractivity contribution is 7.13. The summed E-state index contributed by atoms with van der Waals surface area (Å²) in [6.07, 6.45) is 1.36. The smallest absolute Gasteiger partial charge is 0.266 e. The molecule has 3 aromatic rings. The summed E-state index contributed by atoms with van der Waals surface area (Å²) in [6, 6.07) is 8.38. The minimum absolute atomic E-state index is 0.0219. The van der Waals surface area contributed by atoms with Crippen LogP contribution in [0.4, 0.5) is 0 Å². The van der Waals surface area contributed by atoms with Gasteiger partial charge in [0.15, 0.2) is 0 Å². The van der Waals surface area contributed by atoms with Crippen molar-refractivity contribution >= 4 is 34.5 Å². The quantitative estimate of drug-likeness (QED) is 0.650. The number of benzene rings is 1. The normalized spacial score (nSPS) is 11.2. The lowest BCUT2D eigenvalue weighted by atomic mass is 10.0. The first-order chi connectivity index (χ1) is 11.5. The summed E-state index contributed by atoms with van der Waals surface area (Å²) < 4.78 is 1.26. The third-order valence-corrected chi connectivity index (χ3v) is 5.32. The first-order valence-electron chi connectivity index (χ1n) is 7.41. The molecular formula is C17H15Cl2N3OS. The van der Waals surface area contributed by atoms with Gasteiger partial charge in [0.2, 0.25) is 0 Å². The molecule has 124 valence electrons. The lowest BCUT2D eigenvalue weighted by Gasteiger charge is -2.05. The molecule has 2 aromatic heterocycles. The van der Waals surface area contributed by atoms with Crippen molar-refractivity contribution in [1.82, 2.24) is 14.8 Å². The second-order valence-electron chi connectivity index (χ2n) is 5.69. The van der Waals surface area contributed by atoms with Gasteiger partial charge in [-0.1, -0.05) is 61.3 Å². The number of hydrogen-bond donors (Lipinski definition) is 0. The van der Waals surface area contributed by atoms with E-state index in [9.17, 15) is 4.79 Å². The third-order valence-electron chi connectivity index (χ3n) is 3.63. The van der Waals surface area contributed by atoms with Crippen LogP contribution in [0.2, 0.25) is 10.0 Å². The van der Waals surface area contributed by atoms with Crippen molar-refractivity contribution in [2.75, 3.05) is 0 Å². The molecule has 0 aliphatic carbocycles. The predicted octanol–water partition coefficient (Wildman–Crippen LogP) is 4.85. The summed E-state index contributed by atoms with van der Waals surface area (Å²) >= 11 is 13.2. The van der Waals surface area contributed by atoms with E-state index in [-0.39, 0.29) is 16.6 Å². The van der Waals surface area contributed by atoms with Gasteiger partial charge in [0.25, 0.3) is 5.56 Å². The molecular weight excluding hydrogens is 365 g/mol. The molecule has 0 aliphatic rings. The Labute approximate surface area is 153 Å². The van der Waals surface area contributed by atoms with Crippen LogP contribution in [0.15, 0.2) is 40.6 Å².